The molecule has 0 bridgehead atoms. The molecule has 0 unspecified atom stereocenters. The Morgan fingerprint density at radius 3 is 2.28 bits per heavy atom. The van der Waals surface area contributed by atoms with Gasteiger partial charge in [-0.3, -0.25) is 0 Å². The predicted molar refractivity (Wildman–Crippen MR) is 77.9 cm³/mol. The fourth-order valence-electron chi connectivity index (χ4n) is 3.84. The lowest BCUT2D eigenvalue weighted by Gasteiger charge is -2.40. The summed E-state index contributed by atoms with van der Waals surface area (Å²) >= 11 is 0. The molecule has 98 valence electrons. The minimum atomic E-state index is 0.700. The van der Waals surface area contributed by atoms with E-state index in [0.717, 1.165) is 5.69 Å². The third-order valence-electron chi connectivity index (χ3n) is 4.94. The van der Waals surface area contributed by atoms with Crippen LogP contribution in [0, 0.1) is 12.3 Å². The number of piperidine rings is 1. The Balaban J connectivity index is 1.72. The topological polar surface area (TPSA) is 29.3 Å². The van der Waals surface area contributed by atoms with Crippen molar-refractivity contribution in [3.05, 3.63) is 23.8 Å². The molecule has 1 spiro atoms. The lowest BCUT2D eigenvalue weighted by molar-refractivity contribution is 0.226. The number of benzene rings is 1. The molecule has 0 radical (unpaired) electrons. The largest absolute Gasteiger partial charge is 0.399 e. The highest BCUT2D eigenvalue weighted by atomic mass is 15.1. The molecule has 1 aromatic rings. The maximum Gasteiger partial charge on any atom is 0.0389 e. The summed E-state index contributed by atoms with van der Waals surface area (Å²) in [5.74, 6) is 0. The third kappa shape index (κ3) is 2.21. The molecule has 1 aliphatic carbocycles. The van der Waals surface area contributed by atoms with E-state index in [9.17, 15) is 0 Å². The average Bonchev–Trinajstić information content (AvgIpc) is 2.77. The smallest absolute Gasteiger partial charge is 0.0389 e. The van der Waals surface area contributed by atoms with Gasteiger partial charge in [0.15, 0.2) is 0 Å². The minimum Gasteiger partial charge on any atom is -0.399 e. The molecule has 1 saturated carbocycles. The van der Waals surface area contributed by atoms with Crippen LogP contribution in [0.15, 0.2) is 18.2 Å². The van der Waals surface area contributed by atoms with Crippen molar-refractivity contribution in [2.24, 2.45) is 5.41 Å². The van der Waals surface area contributed by atoms with E-state index < -0.39 is 0 Å². The first-order chi connectivity index (χ1) is 8.67. The molecule has 1 aromatic carbocycles. The van der Waals surface area contributed by atoms with E-state index in [1.165, 1.54) is 62.9 Å². The molecule has 0 amide bonds. The highest BCUT2D eigenvalue weighted by molar-refractivity contribution is 5.58. The number of hydrogen-bond donors (Lipinski definition) is 1. The van der Waals surface area contributed by atoms with E-state index >= 15 is 0 Å². The van der Waals surface area contributed by atoms with Gasteiger partial charge in [-0.2, -0.15) is 0 Å². The Morgan fingerprint density at radius 2 is 1.67 bits per heavy atom. The Kier molecular flexibility index (Phi) is 2.96. The molecule has 1 aliphatic heterocycles. The Morgan fingerprint density at radius 1 is 1.00 bits per heavy atom. The summed E-state index contributed by atoms with van der Waals surface area (Å²) in [6.45, 7) is 4.55. The normalized spacial score (nSPS) is 22.6. The van der Waals surface area contributed by atoms with E-state index in [1.807, 2.05) is 6.07 Å². The van der Waals surface area contributed by atoms with Gasteiger partial charge in [0.1, 0.15) is 0 Å². The highest BCUT2D eigenvalue weighted by Gasteiger charge is 2.36. The van der Waals surface area contributed by atoms with Crippen molar-refractivity contribution in [3.8, 4) is 0 Å². The van der Waals surface area contributed by atoms with Crippen LogP contribution in [0.25, 0.3) is 0 Å². The number of hydrogen-bond acceptors (Lipinski definition) is 2. The second-order valence-corrected chi connectivity index (χ2v) is 6.30. The standard InChI is InChI=1S/C16H24N2/c1-13-10-14(17)12-15(11-13)18-8-6-16(7-9-18)4-2-3-5-16/h10-12H,2-9,17H2,1H3. The molecule has 0 atom stereocenters. The monoisotopic (exact) mass is 244 g/mol. The van der Waals surface area contributed by atoms with Crippen LogP contribution < -0.4 is 10.6 Å². The van der Waals surface area contributed by atoms with Crippen molar-refractivity contribution in [1.29, 1.82) is 0 Å². The minimum absolute atomic E-state index is 0.700. The van der Waals surface area contributed by atoms with Gasteiger partial charge in [-0.1, -0.05) is 12.8 Å². The number of aryl methyl sites for hydroxylation is 1. The lowest BCUT2D eigenvalue weighted by atomic mass is 9.77. The van der Waals surface area contributed by atoms with E-state index in [1.54, 1.807) is 0 Å². The zero-order chi connectivity index (χ0) is 12.6. The van der Waals surface area contributed by atoms with Gasteiger partial charge in [-0.05, 0) is 61.8 Å². The third-order valence-corrected chi connectivity index (χ3v) is 4.94. The van der Waals surface area contributed by atoms with Gasteiger partial charge in [-0.15, -0.1) is 0 Å². The molecule has 2 fully saturated rings. The number of rotatable bonds is 1. The van der Waals surface area contributed by atoms with Gasteiger partial charge in [0.25, 0.3) is 0 Å². The number of nitrogens with zero attached hydrogens (tertiary/aromatic N) is 1. The summed E-state index contributed by atoms with van der Waals surface area (Å²) in [7, 11) is 0. The Labute approximate surface area is 110 Å². The first kappa shape index (κ1) is 11.9. The molecule has 2 N–H and O–H groups in total. The average molecular weight is 244 g/mol. The van der Waals surface area contributed by atoms with Gasteiger partial charge < -0.3 is 10.6 Å². The molecule has 3 rings (SSSR count). The predicted octanol–water partition coefficient (Wildman–Crippen LogP) is 3.74. The summed E-state index contributed by atoms with van der Waals surface area (Å²) in [6, 6.07) is 6.44. The SMILES string of the molecule is Cc1cc(N)cc(N2CCC3(CCCC3)CC2)c1. The number of anilines is 2. The summed E-state index contributed by atoms with van der Waals surface area (Å²) in [6.07, 6.45) is 8.60. The molecule has 2 nitrogen and oxygen atoms in total. The van der Waals surface area contributed by atoms with E-state index in [0.29, 0.717) is 5.41 Å². The Bertz CT molecular complexity index is 402. The first-order valence-corrected chi connectivity index (χ1v) is 7.29. The van der Waals surface area contributed by atoms with E-state index in [4.69, 9.17) is 5.73 Å². The number of nitrogens with two attached hydrogens (primary N) is 1. The summed E-state index contributed by atoms with van der Waals surface area (Å²) < 4.78 is 0. The van der Waals surface area contributed by atoms with Crippen LogP contribution in [0.2, 0.25) is 0 Å². The van der Waals surface area contributed by atoms with E-state index in [2.05, 4.69) is 24.0 Å². The van der Waals surface area contributed by atoms with Crippen molar-refractivity contribution in [1.82, 2.24) is 0 Å². The molecule has 2 heteroatoms. The summed E-state index contributed by atoms with van der Waals surface area (Å²) in [5.41, 5.74) is 10.1. The van der Waals surface area contributed by atoms with Crippen LogP contribution in [0.3, 0.4) is 0 Å². The molecule has 2 aliphatic rings. The van der Waals surface area contributed by atoms with Crippen LogP contribution in [-0.4, -0.2) is 13.1 Å². The fraction of sp³-hybridized carbons (Fsp3) is 0.625. The molecule has 0 aromatic heterocycles. The fourth-order valence-corrected chi connectivity index (χ4v) is 3.84. The van der Waals surface area contributed by atoms with Crippen molar-refractivity contribution in [2.45, 2.75) is 45.4 Å². The van der Waals surface area contributed by atoms with E-state index in [-0.39, 0.29) is 0 Å². The van der Waals surface area contributed by atoms with Crippen LogP contribution in [0.5, 0.6) is 0 Å². The first-order valence-electron chi connectivity index (χ1n) is 7.29. The van der Waals surface area contributed by atoms with Gasteiger partial charge >= 0.3 is 0 Å². The lowest BCUT2D eigenvalue weighted by Crippen LogP contribution is -2.38. The van der Waals surface area contributed by atoms with Crippen molar-refractivity contribution in [2.75, 3.05) is 23.7 Å². The second kappa shape index (κ2) is 4.49. The van der Waals surface area contributed by atoms with Crippen molar-refractivity contribution in [3.63, 3.8) is 0 Å². The quantitative estimate of drug-likeness (QED) is 0.763. The van der Waals surface area contributed by atoms with Crippen LogP contribution >= 0.6 is 0 Å². The van der Waals surface area contributed by atoms with Crippen LogP contribution in [-0.2, 0) is 0 Å². The molecule has 1 saturated heterocycles. The Hall–Kier alpha value is -1.18. The maximum atomic E-state index is 5.96. The van der Waals surface area contributed by atoms with Crippen LogP contribution in [0.4, 0.5) is 11.4 Å². The molecular formula is C16H24N2. The molecule has 1 heterocycles. The highest BCUT2D eigenvalue weighted by Crippen LogP contribution is 2.46. The summed E-state index contributed by atoms with van der Waals surface area (Å²) in [5, 5.41) is 0. The van der Waals surface area contributed by atoms with Crippen molar-refractivity contribution < 1.29 is 0 Å². The maximum absolute atomic E-state index is 5.96. The molecular weight excluding hydrogens is 220 g/mol. The van der Waals surface area contributed by atoms with Gasteiger partial charge in [0, 0.05) is 24.5 Å². The summed E-state index contributed by atoms with van der Waals surface area (Å²) in [4.78, 5) is 2.52. The van der Waals surface area contributed by atoms with Crippen LogP contribution in [0.1, 0.15) is 44.1 Å². The van der Waals surface area contributed by atoms with Gasteiger partial charge in [0.05, 0.1) is 0 Å². The van der Waals surface area contributed by atoms with Gasteiger partial charge in [0.2, 0.25) is 0 Å². The molecule has 18 heavy (non-hydrogen) atoms. The van der Waals surface area contributed by atoms with Gasteiger partial charge in [-0.25, -0.2) is 0 Å². The zero-order valence-corrected chi connectivity index (χ0v) is 11.4. The number of nitrogen functional groups attached to an aromatic ring is 1. The second-order valence-electron chi connectivity index (χ2n) is 6.30. The zero-order valence-electron chi connectivity index (χ0n) is 11.4. The van der Waals surface area contributed by atoms with Crippen molar-refractivity contribution >= 4 is 11.4 Å².